The van der Waals surface area contributed by atoms with Crippen LogP contribution in [0.25, 0.3) is 11.0 Å². The predicted molar refractivity (Wildman–Crippen MR) is 153 cm³/mol. The third-order valence-corrected chi connectivity index (χ3v) is 7.02. The maximum atomic E-state index is 12.5. The number of halogens is 4. The highest BCUT2D eigenvalue weighted by Gasteiger charge is 2.15. The second kappa shape index (κ2) is 11.8. The van der Waals surface area contributed by atoms with Gasteiger partial charge < -0.3 is 13.9 Å². The molecule has 1 amide bonds. The summed E-state index contributed by atoms with van der Waals surface area (Å²) in [7, 11) is 0. The van der Waals surface area contributed by atoms with E-state index in [-0.39, 0.29) is 12.4 Å². The van der Waals surface area contributed by atoms with E-state index in [1.807, 2.05) is 49.4 Å². The first kappa shape index (κ1) is 26.0. The van der Waals surface area contributed by atoms with Gasteiger partial charge in [0, 0.05) is 20.4 Å². The van der Waals surface area contributed by atoms with Crippen LogP contribution in [0.5, 0.6) is 11.5 Å². The van der Waals surface area contributed by atoms with Gasteiger partial charge in [-0.15, -0.1) is 0 Å². The molecular weight excluding hydrogens is 714 g/mol. The quantitative estimate of drug-likeness (QED) is 0.113. The monoisotopic (exact) mass is 730 g/mol. The van der Waals surface area contributed by atoms with E-state index in [0.717, 1.165) is 19.0 Å². The zero-order valence-electron chi connectivity index (χ0n) is 18.3. The summed E-state index contributed by atoms with van der Waals surface area (Å²) in [6.45, 7) is 2.63. The van der Waals surface area contributed by atoms with Gasteiger partial charge in [0.25, 0.3) is 0 Å². The molecular formula is C25H18Br2ClIN2O4. The molecule has 4 rings (SSSR count). The van der Waals surface area contributed by atoms with E-state index in [1.54, 1.807) is 12.1 Å². The normalized spacial score (nSPS) is 11.2. The van der Waals surface area contributed by atoms with E-state index in [9.17, 15) is 4.79 Å². The number of nitrogens with zero attached hydrogens (tertiary/aromatic N) is 1. The number of carbonyl (C=O) groups is 1. The molecule has 0 aliphatic carbocycles. The molecule has 6 nitrogen and oxygen atoms in total. The third kappa shape index (κ3) is 6.38. The summed E-state index contributed by atoms with van der Waals surface area (Å²) in [5, 5.41) is 5.54. The van der Waals surface area contributed by atoms with Crippen LogP contribution in [0.4, 0.5) is 0 Å². The number of hydrazone groups is 1. The van der Waals surface area contributed by atoms with Crippen LogP contribution >= 0.6 is 66.1 Å². The van der Waals surface area contributed by atoms with Crippen molar-refractivity contribution in [3.63, 3.8) is 0 Å². The Hall–Kier alpha value is -2.08. The smallest absolute Gasteiger partial charge is 0.307 e. The van der Waals surface area contributed by atoms with Crippen LogP contribution in [0.15, 0.2) is 73.1 Å². The first-order chi connectivity index (χ1) is 16.9. The van der Waals surface area contributed by atoms with Crippen LogP contribution in [0, 0.1) is 3.57 Å². The second-order valence-corrected chi connectivity index (χ2v) is 10.6. The number of benzene rings is 3. The van der Waals surface area contributed by atoms with Crippen molar-refractivity contribution in [2.24, 2.45) is 5.10 Å². The van der Waals surface area contributed by atoms with E-state index in [4.69, 9.17) is 25.5 Å². The Morgan fingerprint density at radius 2 is 1.97 bits per heavy atom. The molecule has 10 heteroatoms. The van der Waals surface area contributed by atoms with Crippen LogP contribution in [0.1, 0.15) is 28.6 Å². The van der Waals surface area contributed by atoms with Crippen molar-refractivity contribution in [1.29, 1.82) is 0 Å². The fourth-order valence-corrected chi connectivity index (χ4v) is 5.66. The minimum atomic E-state index is -0.451. The number of carbonyl (C=O) groups excluding carboxylic acids is 1. The van der Waals surface area contributed by atoms with Gasteiger partial charge in [0.1, 0.15) is 12.2 Å². The number of rotatable bonds is 8. The Labute approximate surface area is 237 Å². The van der Waals surface area contributed by atoms with Gasteiger partial charge in [-0.2, -0.15) is 5.10 Å². The molecule has 0 atom stereocenters. The lowest BCUT2D eigenvalue weighted by atomic mass is 10.2. The highest BCUT2D eigenvalue weighted by atomic mass is 127. The number of furan rings is 1. The van der Waals surface area contributed by atoms with Crippen molar-refractivity contribution in [2.45, 2.75) is 13.5 Å². The van der Waals surface area contributed by atoms with Gasteiger partial charge in [0.2, 0.25) is 0 Å². The molecule has 0 aliphatic heterocycles. The van der Waals surface area contributed by atoms with Crippen molar-refractivity contribution in [2.75, 3.05) is 6.61 Å². The Kier molecular flexibility index (Phi) is 8.74. The van der Waals surface area contributed by atoms with Gasteiger partial charge in [0.05, 0.1) is 20.9 Å². The molecule has 1 aromatic heterocycles. The number of hydrogen-bond acceptors (Lipinski definition) is 5. The average Bonchev–Trinajstić information content (AvgIpc) is 3.24. The molecule has 4 aromatic rings. The van der Waals surface area contributed by atoms with Crippen molar-refractivity contribution in [3.8, 4) is 11.5 Å². The summed E-state index contributed by atoms with van der Waals surface area (Å²) < 4.78 is 20.0. The van der Waals surface area contributed by atoms with Crippen LogP contribution in [0.3, 0.4) is 0 Å². The topological polar surface area (TPSA) is 73.1 Å². The van der Waals surface area contributed by atoms with Gasteiger partial charge in [0.15, 0.2) is 17.3 Å². The Morgan fingerprint density at radius 3 is 2.74 bits per heavy atom. The largest absolute Gasteiger partial charge is 0.490 e. The number of amides is 1. The zero-order valence-corrected chi connectivity index (χ0v) is 24.4. The lowest BCUT2D eigenvalue weighted by molar-refractivity contribution is 0.0929. The van der Waals surface area contributed by atoms with Crippen LogP contribution in [-0.4, -0.2) is 18.7 Å². The van der Waals surface area contributed by atoms with Gasteiger partial charge in [-0.1, -0.05) is 45.7 Å². The van der Waals surface area contributed by atoms with Gasteiger partial charge >= 0.3 is 5.91 Å². The number of ether oxygens (including phenoxy) is 2. The van der Waals surface area contributed by atoms with Crippen molar-refractivity contribution in [1.82, 2.24) is 5.43 Å². The maximum Gasteiger partial charge on any atom is 0.307 e. The van der Waals surface area contributed by atoms with Crippen molar-refractivity contribution < 1.29 is 18.7 Å². The number of nitrogens with one attached hydrogen (secondary N) is 1. The van der Waals surface area contributed by atoms with Crippen LogP contribution in [-0.2, 0) is 6.61 Å². The molecule has 0 spiro atoms. The summed E-state index contributed by atoms with van der Waals surface area (Å²) in [6, 6.07) is 16.6. The fraction of sp³-hybridized carbons (Fsp3) is 0.120. The molecule has 180 valence electrons. The average molecular weight is 733 g/mol. The Balaban J connectivity index is 1.48. The molecule has 0 unspecified atom stereocenters. The number of hydrogen-bond donors (Lipinski definition) is 1. The Morgan fingerprint density at radius 1 is 1.17 bits per heavy atom. The van der Waals surface area contributed by atoms with Crippen LogP contribution < -0.4 is 14.9 Å². The van der Waals surface area contributed by atoms with E-state index >= 15 is 0 Å². The molecule has 0 radical (unpaired) electrons. The van der Waals surface area contributed by atoms with Crippen LogP contribution in [0.2, 0.25) is 5.02 Å². The Bertz CT molecular complexity index is 1420. The third-order valence-electron chi connectivity index (χ3n) is 4.80. The summed E-state index contributed by atoms with van der Waals surface area (Å²) in [5.74, 6) is 0.816. The SMILES string of the molecule is CCOc1cc(/C=N\NC(=O)c2cc3cc(Br)cc(I)c3o2)cc(Br)c1OCc1ccccc1Cl. The highest BCUT2D eigenvalue weighted by molar-refractivity contribution is 14.1. The number of fused-ring (bicyclic) bond motifs is 1. The summed E-state index contributed by atoms with van der Waals surface area (Å²) in [4.78, 5) is 12.5. The first-order valence-corrected chi connectivity index (χ1v) is 13.4. The molecule has 0 saturated heterocycles. The van der Waals surface area contributed by atoms with Crippen molar-refractivity contribution in [3.05, 3.63) is 89.0 Å². The fourth-order valence-electron chi connectivity index (χ4n) is 3.24. The molecule has 1 heterocycles. The van der Waals surface area contributed by atoms with Crippen molar-refractivity contribution >= 4 is 89.1 Å². The highest BCUT2D eigenvalue weighted by Crippen LogP contribution is 2.37. The lowest BCUT2D eigenvalue weighted by Crippen LogP contribution is -2.16. The molecule has 0 fully saturated rings. The first-order valence-electron chi connectivity index (χ1n) is 10.4. The maximum absolute atomic E-state index is 12.5. The van der Waals surface area contributed by atoms with Gasteiger partial charge in [-0.05, 0) is 87.4 Å². The van der Waals surface area contributed by atoms with Gasteiger partial charge in [-0.25, -0.2) is 5.43 Å². The minimum absolute atomic E-state index is 0.174. The van der Waals surface area contributed by atoms with E-state index in [1.165, 1.54) is 6.21 Å². The molecule has 0 saturated carbocycles. The summed E-state index contributed by atoms with van der Waals surface area (Å²) in [5.41, 5.74) is 4.72. The summed E-state index contributed by atoms with van der Waals surface area (Å²) >= 11 is 15.4. The molecule has 35 heavy (non-hydrogen) atoms. The van der Waals surface area contributed by atoms with E-state index in [2.05, 4.69) is 65.0 Å². The minimum Gasteiger partial charge on any atom is -0.490 e. The van der Waals surface area contributed by atoms with E-state index < -0.39 is 5.91 Å². The molecule has 0 aliphatic rings. The molecule has 3 aromatic carbocycles. The summed E-state index contributed by atoms with van der Waals surface area (Å²) in [6.07, 6.45) is 1.52. The standard InChI is InChI=1S/C25H18Br2ClIN2O4/c1-2-33-21-8-14(7-18(27)24(21)34-13-15-5-3-4-6-19(15)28)12-30-31-25(32)22-10-16-9-17(26)11-20(29)23(16)35-22/h3-12H,2,13H2,1H3,(H,31,32)/b30-12-. The van der Waals surface area contributed by atoms with E-state index in [0.29, 0.717) is 38.7 Å². The zero-order chi connectivity index (χ0) is 24.9. The predicted octanol–water partition coefficient (Wildman–Crippen LogP) is 7.96. The molecule has 0 bridgehead atoms. The molecule has 1 N–H and O–H groups in total. The van der Waals surface area contributed by atoms with Gasteiger partial charge in [-0.3, -0.25) is 4.79 Å². The lowest BCUT2D eigenvalue weighted by Gasteiger charge is -2.15. The second-order valence-electron chi connectivity index (χ2n) is 7.26.